The Balaban J connectivity index is 0.000000119. The van der Waals surface area contributed by atoms with Crippen LogP contribution in [-0.4, -0.2) is 146 Å². The van der Waals surface area contributed by atoms with Crippen molar-refractivity contribution in [2.75, 3.05) is 50.9 Å². The first kappa shape index (κ1) is 97.9. The SMILES string of the molecule is CCOc1nc2nc(C)cc(Nc3ccc(C)cc3)n2n1.CCc1nc2nc(C)cc(Nc3ccc(C)cc3)n2n1.COc1nc2nc(C)cc(Nc3cccc(Cl)c3)n2n1.Cc1cc(Nc2cc(F)c(C)c(F)c2)n2nc(C)nc2n1.Cc1cc(Nc2ccc3c(c2)CCCC3)n2ncnc2n1.Cc1ccc(Nc2cc(C)nc3nc(C(C)C)nn23)cc1.Cc1ccc(Nc2cc(C)nc3nccn23)cc1. The van der Waals surface area contributed by atoms with Crippen molar-refractivity contribution in [2.45, 2.75) is 156 Å². The summed E-state index contributed by atoms with van der Waals surface area (Å²) in [4.78, 5) is 60.4. The molecule has 0 amide bonds. The van der Waals surface area contributed by atoms with Crippen molar-refractivity contribution in [3.8, 4) is 12.0 Å². The van der Waals surface area contributed by atoms with Gasteiger partial charge >= 0.3 is 12.0 Å². The Bertz CT molecular complexity index is 7990. The van der Waals surface area contributed by atoms with Gasteiger partial charge < -0.3 is 46.7 Å². The number of nitrogens with zero attached hydrogens (tertiary/aromatic N) is 27. The van der Waals surface area contributed by atoms with Crippen molar-refractivity contribution < 1.29 is 18.3 Å². The number of aromatic nitrogens is 27. The van der Waals surface area contributed by atoms with Gasteiger partial charge in [-0.05, 0) is 225 Å². The third-order valence-corrected chi connectivity index (χ3v) is 22.3. The lowest BCUT2D eigenvalue weighted by Crippen LogP contribution is -2.05. The molecule has 142 heavy (non-hydrogen) atoms. The van der Waals surface area contributed by atoms with Gasteiger partial charge in [-0.3, -0.25) is 4.40 Å². The van der Waals surface area contributed by atoms with E-state index < -0.39 is 11.6 Å². The summed E-state index contributed by atoms with van der Waals surface area (Å²) in [5.74, 6) is 11.0. The number of hydrogen-bond donors (Lipinski definition) is 7. The molecule has 0 unspecified atom stereocenters. The zero-order valence-electron chi connectivity index (χ0n) is 82.1. The minimum Gasteiger partial charge on any atom is -0.466 e. The minimum absolute atomic E-state index is 0.00629. The Labute approximate surface area is 822 Å². The highest BCUT2D eigenvalue weighted by atomic mass is 35.5. The number of ether oxygens (including phenoxy) is 2. The molecule has 0 aliphatic heterocycles. The first-order valence-corrected chi connectivity index (χ1v) is 46.6. The van der Waals surface area contributed by atoms with Crippen LogP contribution in [0, 0.1) is 102 Å². The summed E-state index contributed by atoms with van der Waals surface area (Å²) in [5.41, 5.74) is 20.4. The highest BCUT2D eigenvalue weighted by Gasteiger charge is 2.20. The monoisotopic (exact) mass is 1930 g/mol. The van der Waals surface area contributed by atoms with Crippen molar-refractivity contribution >= 4 is 133 Å². The zero-order chi connectivity index (χ0) is 99.9. The smallest absolute Gasteiger partial charge is 0.337 e. The van der Waals surface area contributed by atoms with E-state index >= 15 is 0 Å². The lowest BCUT2D eigenvalue weighted by Gasteiger charge is -2.17. The van der Waals surface area contributed by atoms with Crippen LogP contribution >= 0.6 is 11.6 Å². The molecule has 0 saturated carbocycles. The van der Waals surface area contributed by atoms with Gasteiger partial charge in [0.15, 0.2) is 11.6 Å². The van der Waals surface area contributed by atoms with E-state index in [0.717, 1.165) is 127 Å². The maximum absolute atomic E-state index is 13.6. The number of aryl methyl sites for hydroxylation is 15. The summed E-state index contributed by atoms with van der Waals surface area (Å²) in [6.07, 6.45) is 11.0. The second-order valence-electron chi connectivity index (χ2n) is 34.3. The average Bonchev–Trinajstić information content (AvgIpc) is 1.66. The molecule has 0 radical (unpaired) electrons. The van der Waals surface area contributed by atoms with E-state index in [1.54, 1.807) is 41.8 Å². The van der Waals surface area contributed by atoms with Gasteiger partial charge in [0.05, 0.1) is 13.7 Å². The van der Waals surface area contributed by atoms with E-state index in [9.17, 15) is 8.78 Å². The molecule has 0 spiro atoms. The molecule has 7 aromatic carbocycles. The molecule has 0 bridgehead atoms. The summed E-state index contributed by atoms with van der Waals surface area (Å²) >= 11 is 5.98. The van der Waals surface area contributed by atoms with Crippen LogP contribution in [0.3, 0.4) is 0 Å². The second kappa shape index (κ2) is 44.1. The van der Waals surface area contributed by atoms with Gasteiger partial charge in [0, 0.05) is 157 Å². The molecule has 0 fully saturated rings. The quantitative estimate of drug-likeness (QED) is 0.0395. The average molecular weight is 1930 g/mol. The van der Waals surface area contributed by atoms with Gasteiger partial charge in [-0.25, -0.2) is 48.7 Å². The first-order chi connectivity index (χ1) is 68.4. The number of nitrogens with one attached hydrogen (secondary N) is 7. The van der Waals surface area contributed by atoms with E-state index in [0.29, 0.717) is 75.4 Å². The second-order valence-corrected chi connectivity index (χ2v) is 34.7. The Morgan fingerprint density at radius 2 is 0.754 bits per heavy atom. The number of imidazole rings is 1. The van der Waals surface area contributed by atoms with Gasteiger partial charge in [0.1, 0.15) is 64.5 Å². The van der Waals surface area contributed by atoms with Crippen molar-refractivity contribution in [3.63, 3.8) is 0 Å². The zero-order valence-corrected chi connectivity index (χ0v) is 82.8. The Hall–Kier alpha value is -17.2. The Kier molecular flexibility index (Phi) is 30.4. The maximum Gasteiger partial charge on any atom is 0.337 e. The highest BCUT2D eigenvalue weighted by Crippen LogP contribution is 2.31. The molecule has 1 aliphatic carbocycles. The van der Waals surface area contributed by atoms with Crippen LogP contribution in [0.1, 0.15) is 143 Å². The number of anilines is 14. The molecule has 36 nitrogen and oxygen atoms in total. The molecular weight excluding hydrogens is 1820 g/mol. The fourth-order valence-electron chi connectivity index (χ4n) is 15.0. The molecule has 7 N–H and O–H groups in total. The number of fused-ring (bicyclic) bond motifs is 8. The molecule has 21 aromatic rings. The van der Waals surface area contributed by atoms with E-state index in [1.165, 1.54) is 96.1 Å². The van der Waals surface area contributed by atoms with Crippen LogP contribution in [0.4, 0.5) is 89.3 Å². The number of hydrogen-bond acceptors (Lipinski definition) is 29. The summed E-state index contributed by atoms with van der Waals surface area (Å²) in [6.45, 7) is 33.5. The highest BCUT2D eigenvalue weighted by molar-refractivity contribution is 6.30. The molecule has 0 saturated heterocycles. The molecule has 14 aromatic heterocycles. The van der Waals surface area contributed by atoms with Gasteiger partial charge in [0.2, 0.25) is 5.78 Å². The molecule has 0 atom stereocenters. The molecule has 39 heteroatoms. The van der Waals surface area contributed by atoms with Crippen molar-refractivity contribution in [1.29, 1.82) is 0 Å². The Morgan fingerprint density at radius 1 is 0.359 bits per heavy atom. The Morgan fingerprint density at radius 3 is 1.24 bits per heavy atom. The van der Waals surface area contributed by atoms with Gasteiger partial charge in [0.25, 0.3) is 34.7 Å². The number of methoxy groups -OCH3 is 1. The fraction of sp³-hybridized carbons (Fsp3) is 0.243. The van der Waals surface area contributed by atoms with Crippen LogP contribution in [0.25, 0.3) is 40.4 Å². The van der Waals surface area contributed by atoms with Crippen LogP contribution in [0.2, 0.25) is 5.02 Å². The number of benzene rings is 7. The standard InChI is InChI=1S/C16H17N5.C16H19N5.C15H17N5O.C15H17N5.C14H13F2N5.C14H14N4.C13H12ClN5O/c1-11-8-15(21-16(19-11)17-10-18-21)20-14-7-6-12-4-2-3-5-13(12)9-14;1-10(2)15-19-16-17-12(4)9-14(21(16)20-15)18-13-7-5-11(3)6-8-13;1-4-21-15-18-14-16-11(3)9-13(20(14)19-15)17-12-7-5-10(2)6-8-12;1-4-13-18-15-16-11(3)9-14(20(15)19-13)17-12-7-5-10(2)6-8-12;1-7-4-13(21-14(17-7)18-9(3)20-21)19-10-5-11(15)8(2)12(16)6-10;1-10-3-5-12(6-4-10)17-13-9-11(2)16-14-15-7-8-18(13)14;1-8-6-11(16-10-5-3-4-9(14)7-10)19-12(15-8)17-13(18-19)20-2/h6-10,20H,2-5H2,1H3;5-10,18H,1-4H3;5-9,17H,4H2,1-3H3;5-9,17H,4H2,1-3H3;4-6,19H,1-3H3;3-9,17H,1-2H3;3-7,16H,1-2H3. The van der Waals surface area contributed by atoms with Gasteiger partial charge in [-0.15, -0.1) is 25.5 Å². The first-order valence-electron chi connectivity index (χ1n) is 46.3. The molecule has 14 heterocycles. The summed E-state index contributed by atoms with van der Waals surface area (Å²) in [5, 5.41) is 49.8. The molecule has 22 rings (SSSR count). The summed E-state index contributed by atoms with van der Waals surface area (Å²) < 4.78 is 49.5. The van der Waals surface area contributed by atoms with Crippen LogP contribution in [0.5, 0.6) is 12.0 Å². The van der Waals surface area contributed by atoms with E-state index in [-0.39, 0.29) is 17.5 Å². The normalized spacial score (nSPS) is 11.4. The third kappa shape index (κ3) is 24.7. The minimum atomic E-state index is -0.603. The van der Waals surface area contributed by atoms with Crippen LogP contribution in [-0.2, 0) is 19.3 Å². The largest absolute Gasteiger partial charge is 0.466 e. The summed E-state index contributed by atoms with van der Waals surface area (Å²) in [7, 11) is 1.52. The van der Waals surface area contributed by atoms with E-state index in [4.69, 9.17) is 21.1 Å². The van der Waals surface area contributed by atoms with Crippen LogP contribution < -0.4 is 46.7 Å². The predicted octanol–water partition coefficient (Wildman–Crippen LogP) is 21.6. The fourth-order valence-corrected chi connectivity index (χ4v) is 15.2. The van der Waals surface area contributed by atoms with E-state index in [1.807, 2.05) is 146 Å². The topological polar surface area (TPSA) is 391 Å². The third-order valence-electron chi connectivity index (χ3n) is 22.1. The predicted molar refractivity (Wildman–Crippen MR) is 550 cm³/mol. The van der Waals surface area contributed by atoms with E-state index in [2.05, 4.69) is 282 Å². The van der Waals surface area contributed by atoms with Gasteiger partial charge in [-0.2, -0.15) is 62.1 Å². The number of rotatable bonds is 19. The van der Waals surface area contributed by atoms with Crippen LogP contribution in [0.15, 0.2) is 213 Å². The molecule has 724 valence electrons. The molecular formula is C103H109ClF2N34O2. The maximum atomic E-state index is 13.6. The van der Waals surface area contributed by atoms with Crippen molar-refractivity contribution in [2.24, 2.45) is 0 Å². The van der Waals surface area contributed by atoms with Crippen molar-refractivity contribution in [3.05, 3.63) is 326 Å². The van der Waals surface area contributed by atoms with Gasteiger partial charge in [-0.1, -0.05) is 115 Å². The number of halogens is 3. The lowest BCUT2D eigenvalue weighted by atomic mass is 9.91. The lowest BCUT2D eigenvalue weighted by molar-refractivity contribution is 0.313. The molecule has 1 aliphatic rings. The van der Waals surface area contributed by atoms with Crippen molar-refractivity contribution in [1.82, 2.24) is 132 Å². The summed E-state index contributed by atoms with van der Waals surface area (Å²) in [6, 6.07) is 63.6.